The van der Waals surface area contributed by atoms with Gasteiger partial charge in [0.05, 0.1) is 10.6 Å². The van der Waals surface area contributed by atoms with Gasteiger partial charge in [-0.05, 0) is 36.4 Å². The summed E-state index contributed by atoms with van der Waals surface area (Å²) >= 11 is 0. The van der Waals surface area contributed by atoms with E-state index in [4.69, 9.17) is 4.74 Å². The zero-order valence-electron chi connectivity index (χ0n) is 14.9. The topological polar surface area (TPSA) is 90.3 Å². The second-order valence-electron chi connectivity index (χ2n) is 5.99. The molecule has 140 valence electrons. The van der Waals surface area contributed by atoms with Gasteiger partial charge in [0.1, 0.15) is 18.2 Å². The van der Waals surface area contributed by atoms with Crippen LogP contribution in [0.5, 0.6) is 5.75 Å². The van der Waals surface area contributed by atoms with E-state index in [9.17, 15) is 13.2 Å². The monoisotopic (exact) mass is 385 g/mol. The molecule has 7 nitrogen and oxygen atoms in total. The lowest BCUT2D eigenvalue weighted by atomic mass is 10.2. The summed E-state index contributed by atoms with van der Waals surface area (Å²) in [6.07, 6.45) is 4.63. The number of amides is 1. The molecule has 0 bridgehead atoms. The first kappa shape index (κ1) is 18.7. The van der Waals surface area contributed by atoms with Crippen molar-refractivity contribution < 1.29 is 17.9 Å². The van der Waals surface area contributed by atoms with Crippen LogP contribution in [-0.4, -0.2) is 30.1 Å². The maximum absolute atomic E-state index is 12.4. The fourth-order valence-corrected chi connectivity index (χ4v) is 3.32. The predicted octanol–water partition coefficient (Wildman–Crippen LogP) is 2.65. The molecule has 3 aromatic rings. The van der Waals surface area contributed by atoms with Gasteiger partial charge in [-0.2, -0.15) is 0 Å². The molecule has 0 saturated heterocycles. The average molecular weight is 385 g/mol. The molecule has 0 saturated carbocycles. The summed E-state index contributed by atoms with van der Waals surface area (Å²) in [5.41, 5.74) is 0.641. The second kappa shape index (κ2) is 7.63. The Morgan fingerprint density at radius 2 is 1.85 bits per heavy atom. The SMILES string of the molecule is Cn1ccnc1COc1ccc(C(=O)Nc2ccccc2S(C)(=O)=O)cc1. The maximum Gasteiger partial charge on any atom is 0.255 e. The third kappa shape index (κ3) is 4.53. The van der Waals surface area contributed by atoms with E-state index in [1.54, 1.807) is 48.7 Å². The fourth-order valence-electron chi connectivity index (χ4n) is 2.47. The zero-order chi connectivity index (χ0) is 19.4. The van der Waals surface area contributed by atoms with Gasteiger partial charge in [0.15, 0.2) is 9.84 Å². The van der Waals surface area contributed by atoms with Crippen LogP contribution in [0, 0.1) is 0 Å². The Balaban J connectivity index is 1.69. The molecular weight excluding hydrogens is 366 g/mol. The summed E-state index contributed by atoms with van der Waals surface area (Å²) < 4.78 is 31.2. The molecule has 3 rings (SSSR count). The number of aryl methyl sites for hydroxylation is 1. The van der Waals surface area contributed by atoms with Crippen molar-refractivity contribution in [2.45, 2.75) is 11.5 Å². The van der Waals surface area contributed by atoms with Gasteiger partial charge >= 0.3 is 0 Å². The van der Waals surface area contributed by atoms with E-state index in [1.165, 1.54) is 6.07 Å². The Kier molecular flexibility index (Phi) is 5.27. The van der Waals surface area contributed by atoms with Crippen LogP contribution in [0.2, 0.25) is 0 Å². The Morgan fingerprint density at radius 3 is 2.48 bits per heavy atom. The van der Waals surface area contributed by atoms with Gasteiger partial charge in [0.2, 0.25) is 0 Å². The molecule has 1 aromatic heterocycles. The molecule has 0 atom stereocenters. The molecule has 27 heavy (non-hydrogen) atoms. The highest BCUT2D eigenvalue weighted by atomic mass is 32.2. The number of rotatable bonds is 6. The Morgan fingerprint density at radius 1 is 1.15 bits per heavy atom. The maximum atomic E-state index is 12.4. The van der Waals surface area contributed by atoms with Crippen LogP contribution in [0.15, 0.2) is 65.8 Å². The molecule has 1 amide bonds. The highest BCUT2D eigenvalue weighted by Crippen LogP contribution is 2.22. The number of carbonyl (C=O) groups excluding carboxylic acids is 1. The van der Waals surface area contributed by atoms with E-state index < -0.39 is 15.7 Å². The molecule has 2 aromatic carbocycles. The van der Waals surface area contributed by atoms with Crippen LogP contribution >= 0.6 is 0 Å². The first-order valence-corrected chi connectivity index (χ1v) is 10.0. The highest BCUT2D eigenvalue weighted by molar-refractivity contribution is 7.90. The van der Waals surface area contributed by atoms with Crippen molar-refractivity contribution in [3.8, 4) is 5.75 Å². The molecule has 1 heterocycles. The van der Waals surface area contributed by atoms with Crippen molar-refractivity contribution in [2.75, 3.05) is 11.6 Å². The minimum Gasteiger partial charge on any atom is -0.486 e. The largest absolute Gasteiger partial charge is 0.486 e. The van der Waals surface area contributed by atoms with Crippen LogP contribution in [0.3, 0.4) is 0 Å². The zero-order valence-corrected chi connectivity index (χ0v) is 15.7. The quantitative estimate of drug-likeness (QED) is 0.704. The van der Waals surface area contributed by atoms with Gasteiger partial charge in [0, 0.05) is 31.3 Å². The lowest BCUT2D eigenvalue weighted by Crippen LogP contribution is -2.14. The van der Waals surface area contributed by atoms with E-state index in [0.29, 0.717) is 17.9 Å². The highest BCUT2D eigenvalue weighted by Gasteiger charge is 2.15. The predicted molar refractivity (Wildman–Crippen MR) is 101 cm³/mol. The van der Waals surface area contributed by atoms with Crippen LogP contribution in [0.1, 0.15) is 16.2 Å². The summed E-state index contributed by atoms with van der Waals surface area (Å²) in [4.78, 5) is 16.7. The Hall–Kier alpha value is -3.13. The lowest BCUT2D eigenvalue weighted by Gasteiger charge is -2.10. The number of hydrogen-bond acceptors (Lipinski definition) is 5. The number of para-hydroxylation sites is 1. The van der Waals surface area contributed by atoms with Gasteiger partial charge in [-0.3, -0.25) is 4.79 Å². The van der Waals surface area contributed by atoms with Crippen molar-refractivity contribution in [2.24, 2.45) is 7.05 Å². The van der Waals surface area contributed by atoms with Crippen LogP contribution in [0.25, 0.3) is 0 Å². The van der Waals surface area contributed by atoms with Crippen molar-refractivity contribution in [1.82, 2.24) is 9.55 Å². The summed E-state index contributed by atoms with van der Waals surface area (Å²) in [7, 11) is -1.56. The van der Waals surface area contributed by atoms with Crippen LogP contribution in [-0.2, 0) is 23.5 Å². The van der Waals surface area contributed by atoms with Crippen molar-refractivity contribution >= 4 is 21.4 Å². The van der Waals surface area contributed by atoms with Gasteiger partial charge in [-0.15, -0.1) is 0 Å². The summed E-state index contributed by atoms with van der Waals surface area (Å²) in [5, 5.41) is 2.64. The molecule has 8 heteroatoms. The number of ether oxygens (including phenoxy) is 1. The minimum atomic E-state index is -3.44. The number of anilines is 1. The number of aromatic nitrogens is 2. The van der Waals surface area contributed by atoms with E-state index >= 15 is 0 Å². The number of benzene rings is 2. The number of carbonyl (C=O) groups is 1. The molecule has 0 radical (unpaired) electrons. The molecule has 0 unspecified atom stereocenters. The molecule has 0 fully saturated rings. The fraction of sp³-hybridized carbons (Fsp3) is 0.158. The minimum absolute atomic E-state index is 0.0772. The first-order valence-electron chi connectivity index (χ1n) is 8.14. The molecule has 0 aliphatic rings. The first-order chi connectivity index (χ1) is 12.8. The summed E-state index contributed by atoms with van der Waals surface area (Å²) in [5.74, 6) is 0.988. The number of sulfone groups is 1. The molecular formula is C19H19N3O4S. The standard InChI is InChI=1S/C19H19N3O4S/c1-22-12-11-20-18(22)13-26-15-9-7-14(8-10-15)19(23)21-16-5-3-4-6-17(16)27(2,24)25/h3-12H,13H2,1-2H3,(H,21,23). The Bertz CT molecular complexity index is 1060. The van der Waals surface area contributed by atoms with Gasteiger partial charge in [-0.1, -0.05) is 12.1 Å². The van der Waals surface area contributed by atoms with Gasteiger partial charge < -0.3 is 14.6 Å². The third-order valence-electron chi connectivity index (χ3n) is 3.94. The number of hydrogen-bond donors (Lipinski definition) is 1. The summed E-state index contributed by atoms with van der Waals surface area (Å²) in [6, 6.07) is 12.9. The van der Waals surface area contributed by atoms with E-state index in [1.807, 2.05) is 17.8 Å². The second-order valence-corrected chi connectivity index (χ2v) is 7.97. The van der Waals surface area contributed by atoms with E-state index in [-0.39, 0.29) is 10.6 Å². The van der Waals surface area contributed by atoms with Crippen molar-refractivity contribution in [1.29, 1.82) is 0 Å². The van der Waals surface area contributed by atoms with Crippen LogP contribution in [0.4, 0.5) is 5.69 Å². The molecule has 0 aliphatic carbocycles. The Labute approximate surface area is 157 Å². The normalized spacial score (nSPS) is 11.2. The van der Waals surface area contributed by atoms with Gasteiger partial charge in [0.25, 0.3) is 5.91 Å². The van der Waals surface area contributed by atoms with Crippen molar-refractivity contribution in [3.63, 3.8) is 0 Å². The molecule has 0 spiro atoms. The molecule has 0 aliphatic heterocycles. The number of imidazole rings is 1. The number of nitrogens with zero attached hydrogens (tertiary/aromatic N) is 2. The van der Waals surface area contributed by atoms with Crippen LogP contribution < -0.4 is 10.1 Å². The van der Waals surface area contributed by atoms with E-state index in [2.05, 4.69) is 10.3 Å². The lowest BCUT2D eigenvalue weighted by molar-refractivity contribution is 0.102. The summed E-state index contributed by atoms with van der Waals surface area (Å²) in [6.45, 7) is 0.316. The van der Waals surface area contributed by atoms with Crippen molar-refractivity contribution in [3.05, 3.63) is 72.3 Å². The molecule has 1 N–H and O–H groups in total. The number of nitrogens with one attached hydrogen (secondary N) is 1. The third-order valence-corrected chi connectivity index (χ3v) is 5.10. The van der Waals surface area contributed by atoms with E-state index in [0.717, 1.165) is 12.1 Å². The van der Waals surface area contributed by atoms with Gasteiger partial charge in [-0.25, -0.2) is 13.4 Å². The smallest absolute Gasteiger partial charge is 0.255 e. The average Bonchev–Trinajstić information content (AvgIpc) is 3.05.